The molecule has 102 valence electrons. The molecule has 1 atom stereocenters. The Hall–Kier alpha value is 0.140. The Kier molecular flexibility index (Phi) is 7.50. The van der Waals surface area contributed by atoms with E-state index in [0.29, 0.717) is 6.04 Å². The first kappa shape index (κ1) is 16.2. The van der Waals surface area contributed by atoms with Crippen molar-refractivity contribution in [3.8, 4) is 0 Å². The Morgan fingerprint density at radius 3 is 2.50 bits per heavy atom. The first-order valence-corrected chi connectivity index (χ1v) is 8.25. The minimum absolute atomic E-state index is 0.594. The fourth-order valence-corrected chi connectivity index (χ4v) is 2.75. The van der Waals surface area contributed by atoms with Crippen LogP contribution in [0.15, 0.2) is 27.1 Å². The Morgan fingerprint density at radius 1 is 1.11 bits per heavy atom. The fourth-order valence-electron chi connectivity index (χ4n) is 1.90. The van der Waals surface area contributed by atoms with E-state index in [1.54, 1.807) is 0 Å². The number of hydrogen-bond donors (Lipinski definition) is 1. The van der Waals surface area contributed by atoms with Crippen LogP contribution in [0.5, 0.6) is 0 Å². The SMILES string of the molecule is CC(CCNC(C)C)CCc1cc(Br)ccc1Br. The van der Waals surface area contributed by atoms with E-state index in [1.807, 2.05) is 0 Å². The lowest BCUT2D eigenvalue weighted by atomic mass is 9.98. The lowest BCUT2D eigenvalue weighted by Gasteiger charge is -2.14. The predicted octanol–water partition coefficient (Wildman–Crippen LogP) is 5.17. The number of benzene rings is 1. The minimum atomic E-state index is 0.594. The third kappa shape index (κ3) is 6.35. The maximum absolute atomic E-state index is 3.62. The van der Waals surface area contributed by atoms with E-state index < -0.39 is 0 Å². The maximum atomic E-state index is 3.62. The summed E-state index contributed by atoms with van der Waals surface area (Å²) in [5, 5.41) is 3.48. The quantitative estimate of drug-likeness (QED) is 0.692. The summed E-state index contributed by atoms with van der Waals surface area (Å²) in [7, 11) is 0. The zero-order valence-corrected chi connectivity index (χ0v) is 14.6. The summed E-state index contributed by atoms with van der Waals surface area (Å²) >= 11 is 7.15. The number of nitrogens with one attached hydrogen (secondary N) is 1. The molecule has 1 aromatic rings. The molecule has 0 heterocycles. The van der Waals surface area contributed by atoms with Crippen LogP contribution in [0.1, 0.15) is 39.2 Å². The molecule has 0 aliphatic heterocycles. The molecule has 0 aliphatic rings. The molecule has 3 heteroatoms. The van der Waals surface area contributed by atoms with Crippen molar-refractivity contribution in [2.45, 2.75) is 46.1 Å². The second-order valence-corrected chi connectivity index (χ2v) is 7.05. The van der Waals surface area contributed by atoms with Crippen LogP contribution >= 0.6 is 31.9 Å². The molecule has 0 aromatic heterocycles. The van der Waals surface area contributed by atoms with E-state index in [9.17, 15) is 0 Å². The Labute approximate surface area is 128 Å². The van der Waals surface area contributed by atoms with Gasteiger partial charge in [0, 0.05) is 15.0 Å². The van der Waals surface area contributed by atoms with Crippen molar-refractivity contribution in [3.05, 3.63) is 32.7 Å². The smallest absolute Gasteiger partial charge is 0.0208 e. The van der Waals surface area contributed by atoms with Crippen LogP contribution in [-0.4, -0.2) is 12.6 Å². The van der Waals surface area contributed by atoms with Crippen LogP contribution in [0.2, 0.25) is 0 Å². The topological polar surface area (TPSA) is 12.0 Å². The van der Waals surface area contributed by atoms with E-state index in [4.69, 9.17) is 0 Å². The van der Waals surface area contributed by atoms with Gasteiger partial charge >= 0.3 is 0 Å². The Bertz CT molecular complexity index is 364. The van der Waals surface area contributed by atoms with E-state index >= 15 is 0 Å². The van der Waals surface area contributed by atoms with Gasteiger partial charge in [-0.3, -0.25) is 0 Å². The third-order valence-electron chi connectivity index (χ3n) is 3.10. The molecule has 0 amide bonds. The van der Waals surface area contributed by atoms with Gasteiger partial charge in [-0.15, -0.1) is 0 Å². The molecule has 0 saturated carbocycles. The summed E-state index contributed by atoms with van der Waals surface area (Å²) in [5.41, 5.74) is 1.40. The van der Waals surface area contributed by atoms with Gasteiger partial charge in [-0.25, -0.2) is 0 Å². The summed E-state index contributed by atoms with van der Waals surface area (Å²) < 4.78 is 2.38. The van der Waals surface area contributed by atoms with Crippen LogP contribution in [0.4, 0.5) is 0 Å². The normalized spacial score (nSPS) is 13.0. The number of hydrogen-bond acceptors (Lipinski definition) is 1. The number of aryl methyl sites for hydroxylation is 1. The number of rotatable bonds is 7. The molecule has 18 heavy (non-hydrogen) atoms. The molecule has 1 aromatic carbocycles. The van der Waals surface area contributed by atoms with E-state index in [0.717, 1.165) is 23.4 Å². The molecular weight excluding hydrogens is 354 g/mol. The first-order chi connectivity index (χ1) is 8.49. The predicted molar refractivity (Wildman–Crippen MR) is 87.1 cm³/mol. The molecule has 0 saturated heterocycles. The van der Waals surface area contributed by atoms with Gasteiger partial charge < -0.3 is 5.32 Å². The summed E-state index contributed by atoms with van der Waals surface area (Å²) in [4.78, 5) is 0. The van der Waals surface area contributed by atoms with Gasteiger partial charge in [0.25, 0.3) is 0 Å². The van der Waals surface area contributed by atoms with Crippen LogP contribution in [0.25, 0.3) is 0 Å². The van der Waals surface area contributed by atoms with Gasteiger partial charge in [-0.1, -0.05) is 52.6 Å². The molecule has 1 nitrogen and oxygen atoms in total. The average Bonchev–Trinajstić information content (AvgIpc) is 2.30. The van der Waals surface area contributed by atoms with Gasteiger partial charge in [0.1, 0.15) is 0 Å². The molecule has 1 N–H and O–H groups in total. The standard InChI is InChI=1S/C15H23Br2N/c1-11(2)18-9-8-12(3)4-5-13-10-14(16)6-7-15(13)17/h6-7,10-12,18H,4-5,8-9H2,1-3H3. The van der Waals surface area contributed by atoms with Crippen LogP contribution in [0.3, 0.4) is 0 Å². The molecule has 0 radical (unpaired) electrons. The van der Waals surface area contributed by atoms with Crippen molar-refractivity contribution in [2.75, 3.05) is 6.54 Å². The van der Waals surface area contributed by atoms with Crippen molar-refractivity contribution in [1.29, 1.82) is 0 Å². The van der Waals surface area contributed by atoms with Gasteiger partial charge in [0.15, 0.2) is 0 Å². The van der Waals surface area contributed by atoms with Crippen LogP contribution in [0, 0.1) is 5.92 Å². The highest BCUT2D eigenvalue weighted by Crippen LogP contribution is 2.24. The van der Waals surface area contributed by atoms with Gasteiger partial charge in [0.2, 0.25) is 0 Å². The largest absolute Gasteiger partial charge is 0.315 e. The molecule has 0 spiro atoms. The van der Waals surface area contributed by atoms with Crippen molar-refractivity contribution in [2.24, 2.45) is 5.92 Å². The molecule has 0 bridgehead atoms. The third-order valence-corrected chi connectivity index (χ3v) is 4.37. The van der Waals surface area contributed by atoms with Crippen molar-refractivity contribution >= 4 is 31.9 Å². The second-order valence-electron chi connectivity index (χ2n) is 5.28. The van der Waals surface area contributed by atoms with Crippen molar-refractivity contribution in [3.63, 3.8) is 0 Å². The monoisotopic (exact) mass is 375 g/mol. The molecule has 0 aliphatic carbocycles. The van der Waals surface area contributed by atoms with E-state index in [1.165, 1.54) is 22.9 Å². The minimum Gasteiger partial charge on any atom is -0.315 e. The number of halogens is 2. The van der Waals surface area contributed by atoms with Crippen LogP contribution < -0.4 is 5.32 Å². The van der Waals surface area contributed by atoms with Crippen LogP contribution in [-0.2, 0) is 6.42 Å². The summed E-state index contributed by atoms with van der Waals surface area (Å²) in [6.07, 6.45) is 3.64. The zero-order valence-electron chi connectivity index (χ0n) is 11.5. The Morgan fingerprint density at radius 2 is 1.83 bits per heavy atom. The highest BCUT2D eigenvalue weighted by molar-refractivity contribution is 9.11. The van der Waals surface area contributed by atoms with Gasteiger partial charge in [-0.05, 0) is 55.5 Å². The maximum Gasteiger partial charge on any atom is 0.0208 e. The highest BCUT2D eigenvalue weighted by Gasteiger charge is 2.06. The fraction of sp³-hybridized carbons (Fsp3) is 0.600. The van der Waals surface area contributed by atoms with Crippen molar-refractivity contribution < 1.29 is 0 Å². The summed E-state index contributed by atoms with van der Waals surface area (Å²) in [5.74, 6) is 0.766. The second kappa shape index (κ2) is 8.34. The van der Waals surface area contributed by atoms with Crippen molar-refractivity contribution in [1.82, 2.24) is 5.32 Å². The lowest BCUT2D eigenvalue weighted by molar-refractivity contribution is 0.453. The summed E-state index contributed by atoms with van der Waals surface area (Å²) in [6, 6.07) is 6.99. The average molecular weight is 377 g/mol. The van der Waals surface area contributed by atoms with Gasteiger partial charge in [-0.2, -0.15) is 0 Å². The Balaban J connectivity index is 2.33. The molecular formula is C15H23Br2N. The highest BCUT2D eigenvalue weighted by atomic mass is 79.9. The van der Waals surface area contributed by atoms with E-state index in [2.05, 4.69) is 76.1 Å². The lowest BCUT2D eigenvalue weighted by Crippen LogP contribution is -2.25. The molecule has 0 fully saturated rings. The van der Waals surface area contributed by atoms with E-state index in [-0.39, 0.29) is 0 Å². The molecule has 1 unspecified atom stereocenters. The molecule has 1 rings (SSSR count). The first-order valence-electron chi connectivity index (χ1n) is 6.66. The summed E-state index contributed by atoms with van der Waals surface area (Å²) in [6.45, 7) is 7.86. The zero-order chi connectivity index (χ0) is 13.5. The van der Waals surface area contributed by atoms with Gasteiger partial charge in [0.05, 0.1) is 0 Å².